The van der Waals surface area contributed by atoms with Gasteiger partial charge in [0.15, 0.2) is 0 Å². The number of nitrogens with one attached hydrogen (secondary N) is 2. The summed E-state index contributed by atoms with van der Waals surface area (Å²) >= 11 is 5.74. The zero-order chi connectivity index (χ0) is 17.0. The lowest BCUT2D eigenvalue weighted by molar-refractivity contribution is -0.115. The number of anilines is 1. The molecule has 0 radical (unpaired) electrons. The second-order valence-electron chi connectivity index (χ2n) is 4.66. The van der Waals surface area contributed by atoms with E-state index in [1.54, 1.807) is 6.92 Å². The van der Waals surface area contributed by atoms with Crippen molar-refractivity contribution in [3.8, 4) is 0 Å². The average molecular weight is 358 g/mol. The molecule has 0 aliphatic carbocycles. The number of aromatic nitrogens is 1. The Hall–Kier alpha value is -2.03. The third-order valence-corrected chi connectivity index (χ3v) is 4.61. The van der Waals surface area contributed by atoms with Crippen LogP contribution < -0.4 is 10.0 Å². The van der Waals surface area contributed by atoms with E-state index in [-0.39, 0.29) is 10.0 Å². The second kappa shape index (κ2) is 7.03. The Morgan fingerprint density at radius 2 is 1.96 bits per heavy atom. The van der Waals surface area contributed by atoms with Crippen LogP contribution in [0.4, 0.5) is 10.1 Å². The maximum Gasteiger partial charge on any atom is 0.242 e. The highest BCUT2D eigenvalue weighted by atomic mass is 35.5. The summed E-state index contributed by atoms with van der Waals surface area (Å²) in [4.78, 5) is 15.4. The van der Waals surface area contributed by atoms with Crippen molar-refractivity contribution in [3.05, 3.63) is 53.1 Å². The molecule has 0 saturated carbocycles. The van der Waals surface area contributed by atoms with Crippen molar-refractivity contribution in [3.63, 3.8) is 0 Å². The molecule has 6 nitrogen and oxygen atoms in total. The molecule has 0 aliphatic heterocycles. The molecule has 2 aromatic rings. The third kappa shape index (κ3) is 4.72. The molecule has 0 bridgehead atoms. The van der Waals surface area contributed by atoms with Crippen molar-refractivity contribution in [2.75, 3.05) is 11.9 Å². The molecular formula is C14H13ClFN3O3S. The molecule has 9 heteroatoms. The summed E-state index contributed by atoms with van der Waals surface area (Å²) in [6, 6.07) is 6.46. The number of rotatable bonds is 5. The van der Waals surface area contributed by atoms with Gasteiger partial charge in [0.05, 0.1) is 6.54 Å². The third-order valence-electron chi connectivity index (χ3n) is 2.85. The first-order valence-corrected chi connectivity index (χ1v) is 8.31. The average Bonchev–Trinajstić information content (AvgIpc) is 2.50. The number of nitrogens with zero attached hydrogens (tertiary/aromatic N) is 1. The minimum absolute atomic E-state index is 0.0889. The van der Waals surface area contributed by atoms with Crippen LogP contribution in [0.15, 0.2) is 41.4 Å². The lowest BCUT2D eigenvalue weighted by Crippen LogP contribution is -2.33. The number of aryl methyl sites for hydroxylation is 1. The minimum atomic E-state index is -3.89. The standard InChI is InChI=1S/C14H13ClFN3O3S/c1-9-6-12(7-17-14(9)15)23(21,22)18-8-13(20)19-11-4-2-10(16)3-5-11/h2-7,18H,8H2,1H3,(H,19,20). The minimum Gasteiger partial charge on any atom is -0.325 e. The molecule has 23 heavy (non-hydrogen) atoms. The summed E-state index contributed by atoms with van der Waals surface area (Å²) in [7, 11) is -3.89. The van der Waals surface area contributed by atoms with Gasteiger partial charge in [-0.15, -0.1) is 0 Å². The van der Waals surface area contributed by atoms with Crippen molar-refractivity contribution in [1.82, 2.24) is 9.71 Å². The molecule has 0 aliphatic rings. The number of pyridine rings is 1. The fraction of sp³-hybridized carbons (Fsp3) is 0.143. The number of carbonyl (C=O) groups excluding carboxylic acids is 1. The van der Waals surface area contributed by atoms with Crippen LogP contribution in [0.1, 0.15) is 5.56 Å². The lowest BCUT2D eigenvalue weighted by Gasteiger charge is -2.08. The van der Waals surface area contributed by atoms with Crippen LogP contribution in [0.3, 0.4) is 0 Å². The van der Waals surface area contributed by atoms with Gasteiger partial charge < -0.3 is 5.32 Å². The first-order chi connectivity index (χ1) is 10.8. The van der Waals surface area contributed by atoms with Crippen LogP contribution in [-0.2, 0) is 14.8 Å². The SMILES string of the molecule is Cc1cc(S(=O)(=O)NCC(=O)Nc2ccc(F)cc2)cnc1Cl. The van der Waals surface area contributed by atoms with E-state index < -0.39 is 28.3 Å². The van der Waals surface area contributed by atoms with Crippen molar-refractivity contribution < 1.29 is 17.6 Å². The second-order valence-corrected chi connectivity index (χ2v) is 6.78. The quantitative estimate of drug-likeness (QED) is 0.802. The summed E-state index contributed by atoms with van der Waals surface area (Å²) in [6.45, 7) is 1.15. The monoisotopic (exact) mass is 357 g/mol. The van der Waals surface area contributed by atoms with Crippen LogP contribution >= 0.6 is 11.6 Å². The number of carbonyl (C=O) groups is 1. The van der Waals surface area contributed by atoms with Gasteiger partial charge in [0.2, 0.25) is 15.9 Å². The van der Waals surface area contributed by atoms with Gasteiger partial charge in [0, 0.05) is 11.9 Å². The number of benzene rings is 1. The number of hydrogen-bond acceptors (Lipinski definition) is 4. The summed E-state index contributed by atoms with van der Waals surface area (Å²) in [5.41, 5.74) is 0.866. The number of halogens is 2. The van der Waals surface area contributed by atoms with Crippen molar-refractivity contribution >= 4 is 33.2 Å². The number of hydrogen-bond donors (Lipinski definition) is 2. The van der Waals surface area contributed by atoms with E-state index in [1.165, 1.54) is 30.3 Å². The highest BCUT2D eigenvalue weighted by Gasteiger charge is 2.17. The van der Waals surface area contributed by atoms with Gasteiger partial charge in [-0.25, -0.2) is 22.5 Å². The molecular weight excluding hydrogens is 345 g/mol. The summed E-state index contributed by atoms with van der Waals surface area (Å²) in [5, 5.41) is 2.65. The molecule has 1 heterocycles. The molecule has 1 aromatic heterocycles. The van der Waals surface area contributed by atoms with E-state index in [0.29, 0.717) is 11.3 Å². The molecule has 0 saturated heterocycles. The van der Waals surface area contributed by atoms with E-state index in [2.05, 4.69) is 15.0 Å². The van der Waals surface area contributed by atoms with Gasteiger partial charge >= 0.3 is 0 Å². The van der Waals surface area contributed by atoms with Gasteiger partial charge in [-0.3, -0.25) is 4.79 Å². The molecule has 122 valence electrons. The number of amides is 1. The molecule has 1 aromatic carbocycles. The first kappa shape index (κ1) is 17.3. The van der Waals surface area contributed by atoms with Crippen LogP contribution in [0, 0.1) is 12.7 Å². The van der Waals surface area contributed by atoms with E-state index in [9.17, 15) is 17.6 Å². The Kier molecular flexibility index (Phi) is 5.30. The molecule has 0 unspecified atom stereocenters. The Morgan fingerprint density at radius 3 is 2.57 bits per heavy atom. The van der Waals surface area contributed by atoms with Crippen LogP contribution in [0.25, 0.3) is 0 Å². The Balaban J connectivity index is 1.99. The summed E-state index contributed by atoms with van der Waals surface area (Å²) < 4.78 is 39.1. The van der Waals surface area contributed by atoms with E-state index >= 15 is 0 Å². The van der Waals surface area contributed by atoms with Crippen LogP contribution in [0.5, 0.6) is 0 Å². The van der Waals surface area contributed by atoms with Gasteiger partial charge in [0.25, 0.3) is 0 Å². The predicted molar refractivity (Wildman–Crippen MR) is 84.2 cm³/mol. The Morgan fingerprint density at radius 1 is 1.30 bits per heavy atom. The smallest absolute Gasteiger partial charge is 0.242 e. The summed E-state index contributed by atoms with van der Waals surface area (Å²) in [5.74, 6) is -1.02. The maximum absolute atomic E-state index is 12.8. The van der Waals surface area contributed by atoms with Gasteiger partial charge in [-0.1, -0.05) is 11.6 Å². The van der Waals surface area contributed by atoms with E-state index in [0.717, 1.165) is 6.20 Å². The lowest BCUT2D eigenvalue weighted by atomic mass is 10.3. The molecule has 2 N–H and O–H groups in total. The fourth-order valence-corrected chi connectivity index (χ4v) is 2.78. The molecule has 2 rings (SSSR count). The highest BCUT2D eigenvalue weighted by molar-refractivity contribution is 7.89. The summed E-state index contributed by atoms with van der Waals surface area (Å²) in [6.07, 6.45) is 1.11. The topological polar surface area (TPSA) is 88.2 Å². The first-order valence-electron chi connectivity index (χ1n) is 6.45. The zero-order valence-corrected chi connectivity index (χ0v) is 13.6. The van der Waals surface area contributed by atoms with Gasteiger partial charge in [-0.2, -0.15) is 0 Å². The Labute approximate surface area is 137 Å². The molecule has 0 spiro atoms. The van der Waals surface area contributed by atoms with Crippen molar-refractivity contribution in [2.45, 2.75) is 11.8 Å². The van der Waals surface area contributed by atoms with Gasteiger partial charge in [0.1, 0.15) is 15.9 Å². The predicted octanol–water partition coefficient (Wildman–Crippen LogP) is 2.10. The van der Waals surface area contributed by atoms with Crippen molar-refractivity contribution in [2.24, 2.45) is 0 Å². The number of sulfonamides is 1. The normalized spacial score (nSPS) is 11.3. The van der Waals surface area contributed by atoms with E-state index in [4.69, 9.17) is 11.6 Å². The van der Waals surface area contributed by atoms with Crippen LogP contribution in [-0.4, -0.2) is 25.9 Å². The fourth-order valence-electron chi connectivity index (χ4n) is 1.66. The van der Waals surface area contributed by atoms with Crippen LogP contribution in [0.2, 0.25) is 5.15 Å². The van der Waals surface area contributed by atoms with Crippen molar-refractivity contribution in [1.29, 1.82) is 0 Å². The zero-order valence-electron chi connectivity index (χ0n) is 12.0. The highest BCUT2D eigenvalue weighted by Crippen LogP contribution is 2.16. The van der Waals surface area contributed by atoms with E-state index in [1.807, 2.05) is 0 Å². The van der Waals surface area contributed by atoms with Gasteiger partial charge in [-0.05, 0) is 42.8 Å². The Bertz CT molecular complexity index is 826. The molecule has 0 fully saturated rings. The maximum atomic E-state index is 12.8. The molecule has 0 atom stereocenters. The largest absolute Gasteiger partial charge is 0.325 e. The molecule has 1 amide bonds.